The van der Waals surface area contributed by atoms with Crippen molar-refractivity contribution in [2.75, 3.05) is 0 Å². The van der Waals surface area contributed by atoms with E-state index in [2.05, 4.69) is 20.9 Å². The first-order valence-electron chi connectivity index (χ1n) is 5.55. The lowest BCUT2D eigenvalue weighted by molar-refractivity contribution is 0.303. The van der Waals surface area contributed by atoms with Crippen LogP contribution < -0.4 is 4.74 Å². The molecule has 0 spiro atoms. The molecule has 96 valence electrons. The maximum atomic E-state index is 8.96. The lowest BCUT2D eigenvalue weighted by Gasteiger charge is -2.10. The second kappa shape index (κ2) is 6.55. The average Bonchev–Trinajstić information content (AvgIpc) is 2.46. The van der Waals surface area contributed by atoms with Gasteiger partial charge in [-0.05, 0) is 24.3 Å². The molecule has 0 aliphatic rings. The Labute approximate surface area is 124 Å². The number of hydrogen-bond acceptors (Lipinski definition) is 3. The molecule has 0 aliphatic heterocycles. The van der Waals surface area contributed by atoms with E-state index in [1.807, 2.05) is 24.3 Å². The van der Waals surface area contributed by atoms with Crippen LogP contribution in [0.3, 0.4) is 0 Å². The Morgan fingerprint density at radius 1 is 1.32 bits per heavy atom. The van der Waals surface area contributed by atoms with Gasteiger partial charge in [0.1, 0.15) is 24.1 Å². The Balaban J connectivity index is 2.17. The first kappa shape index (κ1) is 13.9. The van der Waals surface area contributed by atoms with E-state index in [0.717, 1.165) is 16.9 Å². The molecule has 5 heteroatoms. The number of ether oxygens (including phenoxy) is 1. The van der Waals surface area contributed by atoms with Crippen LogP contribution >= 0.6 is 27.5 Å². The van der Waals surface area contributed by atoms with Gasteiger partial charge in [-0.15, -0.1) is 0 Å². The van der Waals surface area contributed by atoms with Gasteiger partial charge < -0.3 is 4.74 Å². The normalized spacial score (nSPS) is 9.95. The molecule has 0 amide bonds. The van der Waals surface area contributed by atoms with Gasteiger partial charge in [0.2, 0.25) is 0 Å². The maximum absolute atomic E-state index is 8.96. The van der Waals surface area contributed by atoms with Gasteiger partial charge in [-0.25, -0.2) is 4.98 Å². The van der Waals surface area contributed by atoms with Gasteiger partial charge in [0, 0.05) is 27.7 Å². The Morgan fingerprint density at radius 2 is 2.16 bits per heavy atom. The number of benzene rings is 1. The van der Waals surface area contributed by atoms with Crippen molar-refractivity contribution < 1.29 is 4.74 Å². The van der Waals surface area contributed by atoms with Gasteiger partial charge in [-0.3, -0.25) is 0 Å². The summed E-state index contributed by atoms with van der Waals surface area (Å²) in [4.78, 5) is 3.99. The van der Waals surface area contributed by atoms with Crippen molar-refractivity contribution in [3.8, 4) is 11.8 Å². The minimum atomic E-state index is 0.304. The quantitative estimate of drug-likeness (QED) is 0.790. The molecule has 19 heavy (non-hydrogen) atoms. The first-order valence-corrected chi connectivity index (χ1v) is 7.05. The van der Waals surface area contributed by atoms with Crippen molar-refractivity contribution in [1.29, 1.82) is 5.26 Å². The Bertz CT molecular complexity index is 625. The van der Waals surface area contributed by atoms with E-state index in [4.69, 9.17) is 21.6 Å². The molecule has 0 bridgehead atoms. The molecular formula is C14H10BrClN2O. The summed E-state index contributed by atoms with van der Waals surface area (Å²) in [6, 6.07) is 11.1. The SMILES string of the molecule is N#Cc1ncccc1COc1ccc(Cl)cc1CBr. The van der Waals surface area contributed by atoms with E-state index < -0.39 is 0 Å². The minimum Gasteiger partial charge on any atom is -0.488 e. The van der Waals surface area contributed by atoms with Crippen LogP contribution in [0.4, 0.5) is 0 Å². The zero-order valence-electron chi connectivity index (χ0n) is 9.94. The number of hydrogen-bond donors (Lipinski definition) is 0. The second-order valence-corrected chi connectivity index (χ2v) is 4.79. The third-order valence-corrected chi connectivity index (χ3v) is 3.39. The smallest absolute Gasteiger partial charge is 0.147 e. The van der Waals surface area contributed by atoms with Crippen molar-refractivity contribution in [3.05, 3.63) is 58.4 Å². The third-order valence-electron chi connectivity index (χ3n) is 2.55. The van der Waals surface area contributed by atoms with Crippen LogP contribution in [0.15, 0.2) is 36.5 Å². The van der Waals surface area contributed by atoms with E-state index in [1.165, 1.54) is 0 Å². The van der Waals surface area contributed by atoms with Crippen molar-refractivity contribution in [3.63, 3.8) is 0 Å². The highest BCUT2D eigenvalue weighted by Crippen LogP contribution is 2.25. The minimum absolute atomic E-state index is 0.304. The number of alkyl halides is 1. The molecule has 2 rings (SSSR count). The fourth-order valence-electron chi connectivity index (χ4n) is 1.60. The Kier molecular flexibility index (Phi) is 4.78. The van der Waals surface area contributed by atoms with Crippen molar-refractivity contribution in [2.24, 2.45) is 0 Å². The van der Waals surface area contributed by atoms with Gasteiger partial charge in [-0.2, -0.15) is 5.26 Å². The standard InChI is InChI=1S/C14H10BrClN2O/c15-7-11-6-12(16)3-4-14(11)19-9-10-2-1-5-18-13(10)8-17/h1-6H,7,9H2. The lowest BCUT2D eigenvalue weighted by Crippen LogP contribution is -2.01. The highest BCUT2D eigenvalue weighted by Gasteiger charge is 2.07. The van der Waals surface area contributed by atoms with E-state index >= 15 is 0 Å². The van der Waals surface area contributed by atoms with E-state index in [9.17, 15) is 0 Å². The molecule has 1 aromatic heterocycles. The molecule has 1 heterocycles. The third kappa shape index (κ3) is 3.46. The van der Waals surface area contributed by atoms with Crippen molar-refractivity contribution in [2.45, 2.75) is 11.9 Å². The monoisotopic (exact) mass is 336 g/mol. The summed E-state index contributed by atoms with van der Waals surface area (Å²) in [6.07, 6.45) is 1.59. The Morgan fingerprint density at radius 3 is 2.89 bits per heavy atom. The fraction of sp³-hybridized carbons (Fsp3) is 0.143. The summed E-state index contributed by atoms with van der Waals surface area (Å²) in [5.74, 6) is 0.744. The molecule has 0 radical (unpaired) electrons. The largest absolute Gasteiger partial charge is 0.488 e. The summed E-state index contributed by atoms with van der Waals surface area (Å²) < 4.78 is 5.73. The average molecular weight is 338 g/mol. The first-order chi connectivity index (χ1) is 9.24. The highest BCUT2D eigenvalue weighted by atomic mass is 79.9. The molecular weight excluding hydrogens is 328 g/mol. The molecule has 0 unspecified atom stereocenters. The van der Waals surface area contributed by atoms with Gasteiger partial charge in [0.05, 0.1) is 0 Å². The summed E-state index contributed by atoms with van der Waals surface area (Å²) >= 11 is 9.32. The number of halogens is 2. The molecule has 1 aromatic carbocycles. The maximum Gasteiger partial charge on any atom is 0.147 e. The summed E-state index contributed by atoms with van der Waals surface area (Å²) in [5.41, 5.74) is 2.12. The van der Waals surface area contributed by atoms with Crippen LogP contribution in [0.25, 0.3) is 0 Å². The number of rotatable bonds is 4. The number of aromatic nitrogens is 1. The van der Waals surface area contributed by atoms with Crippen LogP contribution in [-0.4, -0.2) is 4.98 Å². The second-order valence-electron chi connectivity index (χ2n) is 3.80. The van der Waals surface area contributed by atoms with Crippen LogP contribution in [0.1, 0.15) is 16.8 Å². The van der Waals surface area contributed by atoms with Gasteiger partial charge in [0.15, 0.2) is 0 Å². The fourth-order valence-corrected chi connectivity index (χ4v) is 2.24. The van der Waals surface area contributed by atoms with Crippen LogP contribution in [0, 0.1) is 11.3 Å². The van der Waals surface area contributed by atoms with Crippen LogP contribution in [0.5, 0.6) is 5.75 Å². The summed E-state index contributed by atoms with van der Waals surface area (Å²) in [5, 5.41) is 10.3. The molecule has 0 aliphatic carbocycles. The van der Waals surface area contributed by atoms with Gasteiger partial charge in [-0.1, -0.05) is 33.6 Å². The Hall–Kier alpha value is -1.57. The van der Waals surface area contributed by atoms with Gasteiger partial charge >= 0.3 is 0 Å². The van der Waals surface area contributed by atoms with Crippen molar-refractivity contribution >= 4 is 27.5 Å². The molecule has 0 N–H and O–H groups in total. The predicted octanol–water partition coefficient (Wildman–Crippen LogP) is 4.08. The van der Waals surface area contributed by atoms with E-state index in [1.54, 1.807) is 18.3 Å². The van der Waals surface area contributed by atoms with E-state index in [-0.39, 0.29) is 0 Å². The predicted molar refractivity (Wildman–Crippen MR) is 77.4 cm³/mol. The van der Waals surface area contributed by atoms with Crippen LogP contribution in [0.2, 0.25) is 5.02 Å². The molecule has 0 saturated heterocycles. The molecule has 0 atom stereocenters. The van der Waals surface area contributed by atoms with Crippen molar-refractivity contribution in [1.82, 2.24) is 4.98 Å². The zero-order valence-corrected chi connectivity index (χ0v) is 12.3. The topological polar surface area (TPSA) is 45.9 Å². The number of pyridine rings is 1. The molecule has 3 nitrogen and oxygen atoms in total. The zero-order chi connectivity index (χ0) is 13.7. The highest BCUT2D eigenvalue weighted by molar-refractivity contribution is 9.08. The van der Waals surface area contributed by atoms with Crippen LogP contribution in [-0.2, 0) is 11.9 Å². The summed E-state index contributed by atoms with van der Waals surface area (Å²) in [6.45, 7) is 0.304. The lowest BCUT2D eigenvalue weighted by atomic mass is 10.2. The number of nitrogens with zero attached hydrogens (tertiary/aromatic N) is 2. The molecule has 2 aromatic rings. The van der Waals surface area contributed by atoms with Gasteiger partial charge in [0.25, 0.3) is 0 Å². The molecule has 0 fully saturated rings. The van der Waals surface area contributed by atoms with E-state index in [0.29, 0.717) is 22.7 Å². The molecule has 0 saturated carbocycles. The summed E-state index contributed by atoms with van der Waals surface area (Å²) in [7, 11) is 0. The number of nitriles is 1.